The Kier molecular flexibility index (Phi) is 5.54. The van der Waals surface area contributed by atoms with Gasteiger partial charge in [0.25, 0.3) is 0 Å². The van der Waals surface area contributed by atoms with E-state index in [1.807, 2.05) is 24.3 Å². The normalized spacial score (nSPS) is 18.5. The summed E-state index contributed by atoms with van der Waals surface area (Å²) in [4.78, 5) is 0. The third-order valence-electron chi connectivity index (χ3n) is 4.95. The van der Waals surface area contributed by atoms with Crippen LogP contribution in [0, 0.1) is 5.41 Å². The number of allylic oxidation sites excluding steroid dienone is 4. The molecule has 1 nitrogen and oxygen atoms in total. The van der Waals surface area contributed by atoms with E-state index in [2.05, 4.69) is 49.4 Å². The van der Waals surface area contributed by atoms with Crippen LogP contribution in [0.2, 0.25) is 0 Å². The van der Waals surface area contributed by atoms with E-state index in [1.54, 1.807) is 0 Å². The van der Waals surface area contributed by atoms with Crippen LogP contribution in [0.4, 0.5) is 0 Å². The molecular weight excluding hydrogens is 302 g/mol. The number of hydrogen-bond donors (Lipinski definition) is 1. The molecule has 0 unspecified atom stereocenters. The lowest BCUT2D eigenvalue weighted by atomic mass is 9.83. The Labute approximate surface area is 153 Å². The molecule has 1 aliphatic rings. The third kappa shape index (κ3) is 4.57. The number of rotatable bonds is 5. The zero-order chi connectivity index (χ0) is 18.4. The van der Waals surface area contributed by atoms with Crippen molar-refractivity contribution in [3.8, 4) is 0 Å². The zero-order valence-electron chi connectivity index (χ0n) is 16.0. The van der Waals surface area contributed by atoms with E-state index in [9.17, 15) is 0 Å². The average Bonchev–Trinajstić information content (AvgIpc) is 2.69. The highest BCUT2D eigenvalue weighted by Gasteiger charge is 2.15. The summed E-state index contributed by atoms with van der Waals surface area (Å²) < 4.78 is 8.78. The van der Waals surface area contributed by atoms with Crippen molar-refractivity contribution in [2.75, 3.05) is 0 Å². The van der Waals surface area contributed by atoms with Crippen LogP contribution in [0.15, 0.2) is 66.7 Å². The van der Waals surface area contributed by atoms with Gasteiger partial charge in [-0.3, -0.25) is 0 Å². The highest BCUT2D eigenvalue weighted by atomic mass is 14.3. The second-order valence-electron chi connectivity index (χ2n) is 6.72. The maximum Gasteiger partial charge on any atom is 0.0352 e. The van der Waals surface area contributed by atoms with E-state index < -0.39 is 5.89 Å². The molecule has 0 amide bonds. The Morgan fingerprint density at radius 2 is 1.64 bits per heavy atom. The Bertz CT molecular complexity index is 794. The molecule has 0 aliphatic heterocycles. The van der Waals surface area contributed by atoms with Crippen molar-refractivity contribution in [1.82, 2.24) is 0 Å². The Hall–Kier alpha value is -2.41. The highest BCUT2D eigenvalue weighted by Crippen LogP contribution is 2.33. The van der Waals surface area contributed by atoms with E-state index in [0.29, 0.717) is 0 Å². The van der Waals surface area contributed by atoms with Gasteiger partial charge in [0.05, 0.1) is 0 Å². The predicted molar refractivity (Wildman–Crippen MR) is 109 cm³/mol. The molecule has 0 atom stereocenters. The van der Waals surface area contributed by atoms with Crippen molar-refractivity contribution in [2.24, 2.45) is 0 Å². The van der Waals surface area contributed by atoms with Gasteiger partial charge in [-0.05, 0) is 59.6 Å². The van der Waals surface area contributed by atoms with Gasteiger partial charge in [-0.2, -0.15) is 0 Å². The fourth-order valence-corrected chi connectivity index (χ4v) is 3.50. The molecule has 0 spiro atoms. The monoisotopic (exact) mass is 330 g/mol. The summed E-state index contributed by atoms with van der Waals surface area (Å²) in [5, 5.41) is 7.50. The van der Waals surface area contributed by atoms with Crippen molar-refractivity contribution < 1.29 is 1.37 Å². The standard InChI is InChI=1S/C24H27N/c1-19(20-8-4-2-5-9-20)18-24(16-17-25)23-14-12-22(13-15-23)21-10-6-3-7-11-21/h2,4-5,8-9,12-18,21,25H,3,6-7,10-11H2,1H3/b19-18+,24-16+,25-17?/i21D. The van der Waals surface area contributed by atoms with E-state index in [-0.39, 0.29) is 0 Å². The van der Waals surface area contributed by atoms with E-state index in [1.165, 1.54) is 23.8 Å². The van der Waals surface area contributed by atoms with Crippen molar-refractivity contribution in [3.63, 3.8) is 0 Å². The van der Waals surface area contributed by atoms with Crippen LogP contribution in [-0.4, -0.2) is 6.21 Å². The smallest absolute Gasteiger partial charge is 0.0352 e. The molecule has 2 aromatic rings. The third-order valence-corrected chi connectivity index (χ3v) is 4.95. The summed E-state index contributed by atoms with van der Waals surface area (Å²) in [6.07, 6.45) is 10.8. The summed E-state index contributed by atoms with van der Waals surface area (Å²) in [6.45, 7) is 2.10. The van der Waals surface area contributed by atoms with Crippen LogP contribution >= 0.6 is 0 Å². The average molecular weight is 330 g/mol. The lowest BCUT2D eigenvalue weighted by Gasteiger charge is -2.22. The molecule has 1 fully saturated rings. The van der Waals surface area contributed by atoms with Crippen LogP contribution in [0.5, 0.6) is 0 Å². The minimum Gasteiger partial charge on any atom is -0.309 e. The van der Waals surface area contributed by atoms with Crippen molar-refractivity contribution in [3.05, 3.63) is 83.4 Å². The molecule has 0 radical (unpaired) electrons. The first-order valence-corrected chi connectivity index (χ1v) is 9.18. The SMILES string of the molecule is [2H]C1(c2ccc(C(/C=C(\C)c3ccccc3)=C/C=N)cc2)CCCCC1. The van der Waals surface area contributed by atoms with E-state index in [0.717, 1.165) is 42.4 Å². The molecule has 25 heavy (non-hydrogen) atoms. The summed E-state index contributed by atoms with van der Waals surface area (Å²) in [5.74, 6) is -0.419. The predicted octanol–water partition coefficient (Wildman–Crippen LogP) is 6.87. The maximum atomic E-state index is 8.78. The first kappa shape index (κ1) is 16.1. The molecular formula is C24H27N. The first-order valence-electron chi connectivity index (χ1n) is 9.68. The summed E-state index contributed by atoms with van der Waals surface area (Å²) >= 11 is 0. The molecule has 1 heteroatoms. The van der Waals surface area contributed by atoms with Gasteiger partial charge in [-0.25, -0.2) is 0 Å². The van der Waals surface area contributed by atoms with Crippen LogP contribution < -0.4 is 0 Å². The molecule has 1 saturated carbocycles. The second kappa shape index (κ2) is 8.62. The lowest BCUT2D eigenvalue weighted by molar-refractivity contribution is 0.443. The van der Waals surface area contributed by atoms with Crippen molar-refractivity contribution in [2.45, 2.75) is 44.9 Å². The quantitative estimate of drug-likeness (QED) is 0.457. The lowest BCUT2D eigenvalue weighted by Crippen LogP contribution is -2.04. The van der Waals surface area contributed by atoms with Crippen LogP contribution in [0.1, 0.15) is 63.0 Å². The molecule has 0 bridgehead atoms. The van der Waals surface area contributed by atoms with Gasteiger partial charge in [-0.1, -0.05) is 79.9 Å². The van der Waals surface area contributed by atoms with Crippen LogP contribution in [-0.2, 0) is 0 Å². The fraction of sp³-hybridized carbons (Fsp3) is 0.292. The molecule has 128 valence electrons. The van der Waals surface area contributed by atoms with Gasteiger partial charge in [0.1, 0.15) is 0 Å². The van der Waals surface area contributed by atoms with Crippen molar-refractivity contribution in [1.29, 1.82) is 5.41 Å². The minimum atomic E-state index is -0.419. The van der Waals surface area contributed by atoms with Gasteiger partial charge in [-0.15, -0.1) is 0 Å². The van der Waals surface area contributed by atoms with E-state index >= 15 is 0 Å². The largest absolute Gasteiger partial charge is 0.309 e. The topological polar surface area (TPSA) is 23.9 Å². The molecule has 0 aromatic heterocycles. The summed E-state index contributed by atoms with van der Waals surface area (Å²) in [7, 11) is 0. The highest BCUT2D eigenvalue weighted by molar-refractivity contribution is 5.91. The summed E-state index contributed by atoms with van der Waals surface area (Å²) in [6, 6.07) is 18.7. The number of hydrogen-bond acceptors (Lipinski definition) is 1. The second-order valence-corrected chi connectivity index (χ2v) is 6.72. The molecule has 1 N–H and O–H groups in total. The zero-order valence-corrected chi connectivity index (χ0v) is 15.0. The first-order chi connectivity index (χ1) is 12.6. The molecule has 1 aliphatic carbocycles. The van der Waals surface area contributed by atoms with Crippen molar-refractivity contribution >= 4 is 17.4 Å². The van der Waals surface area contributed by atoms with Gasteiger partial charge in [0, 0.05) is 7.59 Å². The molecule has 3 rings (SSSR count). The van der Waals surface area contributed by atoms with Gasteiger partial charge >= 0.3 is 0 Å². The van der Waals surface area contributed by atoms with Crippen LogP contribution in [0.3, 0.4) is 0 Å². The van der Waals surface area contributed by atoms with Crippen LogP contribution in [0.25, 0.3) is 11.1 Å². The fourth-order valence-electron chi connectivity index (χ4n) is 3.50. The minimum absolute atomic E-state index is 0.419. The molecule has 0 heterocycles. The number of nitrogens with one attached hydrogen (secondary N) is 1. The Balaban J connectivity index is 1.87. The van der Waals surface area contributed by atoms with Gasteiger partial charge < -0.3 is 5.41 Å². The van der Waals surface area contributed by atoms with E-state index in [4.69, 9.17) is 6.78 Å². The Morgan fingerprint density at radius 3 is 2.28 bits per heavy atom. The molecule has 2 aromatic carbocycles. The Morgan fingerprint density at radius 1 is 0.960 bits per heavy atom. The maximum absolute atomic E-state index is 8.78. The molecule has 0 saturated heterocycles. The van der Waals surface area contributed by atoms with Gasteiger partial charge in [0.2, 0.25) is 0 Å². The summed E-state index contributed by atoms with van der Waals surface area (Å²) in [5.41, 5.74) is 5.60. The van der Waals surface area contributed by atoms with Gasteiger partial charge in [0.15, 0.2) is 0 Å². The number of benzene rings is 2.